The monoisotopic (exact) mass is 325 g/mol. The number of rotatable bonds is 2. The maximum atomic E-state index is 11.4. The van der Waals surface area contributed by atoms with Crippen LogP contribution in [0.5, 0.6) is 0 Å². The van der Waals surface area contributed by atoms with Crippen molar-refractivity contribution in [3.8, 4) is 0 Å². The lowest BCUT2D eigenvalue weighted by atomic mass is 10.1. The van der Waals surface area contributed by atoms with Crippen LogP contribution in [-0.2, 0) is 0 Å². The van der Waals surface area contributed by atoms with Crippen LogP contribution in [0, 0.1) is 0 Å². The highest BCUT2D eigenvalue weighted by Crippen LogP contribution is 2.30. The third-order valence-corrected chi connectivity index (χ3v) is 3.10. The molecule has 70 valence electrons. The van der Waals surface area contributed by atoms with Gasteiger partial charge in [0.1, 0.15) is 0 Å². The third kappa shape index (κ3) is 2.24. The van der Waals surface area contributed by atoms with Crippen LogP contribution >= 0.6 is 43.5 Å². The quantitative estimate of drug-likeness (QED) is 0.515. The molecule has 0 fully saturated rings. The molecule has 0 spiro atoms. The molecule has 0 saturated carbocycles. The second-order valence-electron chi connectivity index (χ2n) is 2.38. The first-order chi connectivity index (χ1) is 6.07. The van der Waals surface area contributed by atoms with Gasteiger partial charge in [-0.3, -0.25) is 4.79 Å². The molecule has 0 bridgehead atoms. The molecule has 0 aliphatic heterocycles. The zero-order valence-electron chi connectivity index (χ0n) is 6.48. The molecule has 1 rings (SSSR count). The first kappa shape index (κ1) is 11.0. The van der Waals surface area contributed by atoms with E-state index in [1.807, 2.05) is 0 Å². The van der Waals surface area contributed by atoms with Crippen LogP contribution in [0.3, 0.4) is 0 Å². The maximum absolute atomic E-state index is 11.4. The van der Waals surface area contributed by atoms with Gasteiger partial charge in [-0.25, -0.2) is 0 Å². The molecule has 1 aromatic rings. The van der Waals surface area contributed by atoms with E-state index < -0.39 is 0 Å². The first-order valence-corrected chi connectivity index (χ1v) is 5.69. The predicted octanol–water partition coefficient (Wildman–Crippen LogP) is 3.26. The standard InChI is InChI=1S/C8H6Br2ClNO/c9-3-6(13)7-4(10)1-2-5(12)8(7)11/h1-2H,3,12H2. The van der Waals surface area contributed by atoms with Crippen molar-refractivity contribution in [2.75, 3.05) is 11.1 Å². The van der Waals surface area contributed by atoms with Crippen molar-refractivity contribution in [2.45, 2.75) is 0 Å². The van der Waals surface area contributed by atoms with E-state index in [1.54, 1.807) is 12.1 Å². The zero-order valence-corrected chi connectivity index (χ0v) is 10.4. The van der Waals surface area contributed by atoms with Gasteiger partial charge in [-0.2, -0.15) is 0 Å². The molecule has 0 aromatic heterocycles. The largest absolute Gasteiger partial charge is 0.398 e. The molecule has 0 heterocycles. The van der Waals surface area contributed by atoms with Crippen molar-refractivity contribution in [3.63, 3.8) is 0 Å². The summed E-state index contributed by atoms with van der Waals surface area (Å²) in [7, 11) is 0. The van der Waals surface area contributed by atoms with Crippen molar-refractivity contribution < 1.29 is 4.79 Å². The Morgan fingerprint density at radius 1 is 1.54 bits per heavy atom. The van der Waals surface area contributed by atoms with E-state index in [0.29, 0.717) is 20.7 Å². The number of nitrogen functional groups attached to an aromatic ring is 1. The number of nitrogens with two attached hydrogens (primary N) is 1. The molecule has 1 aromatic carbocycles. The Kier molecular flexibility index (Phi) is 3.76. The van der Waals surface area contributed by atoms with Crippen LogP contribution < -0.4 is 5.73 Å². The van der Waals surface area contributed by atoms with E-state index in [1.165, 1.54) is 0 Å². The Balaban J connectivity index is 3.33. The smallest absolute Gasteiger partial charge is 0.176 e. The highest BCUT2D eigenvalue weighted by Gasteiger charge is 2.14. The summed E-state index contributed by atoms with van der Waals surface area (Å²) in [5.74, 6) is -0.0934. The van der Waals surface area contributed by atoms with Gasteiger partial charge in [0.2, 0.25) is 0 Å². The van der Waals surface area contributed by atoms with E-state index in [9.17, 15) is 4.79 Å². The highest BCUT2D eigenvalue weighted by molar-refractivity contribution is 9.10. The molecule has 2 nitrogen and oxygen atoms in total. The minimum atomic E-state index is -0.0934. The molecule has 0 saturated heterocycles. The fourth-order valence-corrected chi connectivity index (χ4v) is 2.11. The number of Topliss-reactive ketones (excluding diaryl/α,β-unsaturated/α-hetero) is 1. The second-order valence-corrected chi connectivity index (χ2v) is 4.18. The first-order valence-electron chi connectivity index (χ1n) is 3.40. The van der Waals surface area contributed by atoms with Gasteiger partial charge in [0.05, 0.1) is 21.6 Å². The minimum absolute atomic E-state index is 0.0934. The Labute approximate surface area is 97.7 Å². The average Bonchev–Trinajstić information content (AvgIpc) is 2.12. The van der Waals surface area contributed by atoms with Gasteiger partial charge >= 0.3 is 0 Å². The molecule has 5 heteroatoms. The Bertz CT molecular complexity index is 354. The van der Waals surface area contributed by atoms with E-state index in [-0.39, 0.29) is 11.1 Å². The molecule has 0 unspecified atom stereocenters. The molecule has 0 radical (unpaired) electrons. The van der Waals surface area contributed by atoms with Crippen LogP contribution in [0.25, 0.3) is 0 Å². The average molecular weight is 327 g/mol. The fraction of sp³-hybridized carbons (Fsp3) is 0.125. The van der Waals surface area contributed by atoms with Crippen LogP contribution in [-0.4, -0.2) is 11.1 Å². The normalized spacial score (nSPS) is 10.1. The predicted molar refractivity (Wildman–Crippen MR) is 61.7 cm³/mol. The van der Waals surface area contributed by atoms with Gasteiger partial charge in [0.25, 0.3) is 0 Å². The number of anilines is 1. The van der Waals surface area contributed by atoms with Gasteiger partial charge in [-0.15, -0.1) is 0 Å². The van der Waals surface area contributed by atoms with Crippen molar-refractivity contribution in [1.82, 2.24) is 0 Å². The van der Waals surface area contributed by atoms with Gasteiger partial charge in [0, 0.05) is 4.47 Å². The van der Waals surface area contributed by atoms with Crippen LogP contribution in [0.15, 0.2) is 16.6 Å². The van der Waals surface area contributed by atoms with Gasteiger partial charge in [-0.1, -0.05) is 27.5 Å². The van der Waals surface area contributed by atoms with E-state index in [0.717, 1.165) is 0 Å². The lowest BCUT2D eigenvalue weighted by Gasteiger charge is -2.06. The molecule has 13 heavy (non-hydrogen) atoms. The Hall–Kier alpha value is -0.0600. The van der Waals surface area contributed by atoms with E-state index in [4.69, 9.17) is 17.3 Å². The van der Waals surface area contributed by atoms with E-state index >= 15 is 0 Å². The molecule has 0 amide bonds. The molecular formula is C8H6Br2ClNO. The topological polar surface area (TPSA) is 43.1 Å². The minimum Gasteiger partial charge on any atom is -0.398 e. The Morgan fingerprint density at radius 3 is 2.69 bits per heavy atom. The SMILES string of the molecule is Nc1ccc(Br)c(C(=O)CBr)c1Cl. The van der Waals surface area contributed by atoms with Crippen molar-refractivity contribution in [1.29, 1.82) is 0 Å². The van der Waals surface area contributed by atoms with Crippen molar-refractivity contribution in [3.05, 3.63) is 27.2 Å². The highest BCUT2D eigenvalue weighted by atomic mass is 79.9. The summed E-state index contributed by atoms with van der Waals surface area (Å²) in [5, 5.41) is 0.535. The number of halogens is 3. The number of carbonyl (C=O) groups is 1. The van der Waals surface area contributed by atoms with Crippen LogP contribution in [0.4, 0.5) is 5.69 Å². The fourth-order valence-electron chi connectivity index (χ4n) is 0.891. The zero-order chi connectivity index (χ0) is 10.0. The molecule has 2 N–H and O–H groups in total. The summed E-state index contributed by atoms with van der Waals surface area (Å²) in [6.45, 7) is 0. The Morgan fingerprint density at radius 2 is 2.15 bits per heavy atom. The molecule has 0 aliphatic rings. The number of hydrogen-bond acceptors (Lipinski definition) is 2. The number of ketones is 1. The van der Waals surface area contributed by atoms with E-state index in [2.05, 4.69) is 31.9 Å². The van der Waals surface area contributed by atoms with Gasteiger partial charge in [-0.05, 0) is 28.1 Å². The van der Waals surface area contributed by atoms with Gasteiger partial charge in [0.15, 0.2) is 5.78 Å². The summed E-state index contributed by atoms with van der Waals surface area (Å²) in [6.07, 6.45) is 0. The summed E-state index contributed by atoms with van der Waals surface area (Å²) in [6, 6.07) is 3.36. The lowest BCUT2D eigenvalue weighted by molar-refractivity contribution is 0.102. The second kappa shape index (κ2) is 4.44. The number of benzene rings is 1. The summed E-state index contributed by atoms with van der Waals surface area (Å²) >= 11 is 12.2. The third-order valence-electron chi connectivity index (χ3n) is 1.52. The number of carbonyl (C=O) groups excluding carboxylic acids is 1. The van der Waals surface area contributed by atoms with Crippen molar-refractivity contribution >= 4 is 54.9 Å². The number of hydrogen-bond donors (Lipinski definition) is 1. The lowest BCUT2D eigenvalue weighted by Crippen LogP contribution is -2.04. The molecular weight excluding hydrogens is 321 g/mol. The summed E-state index contributed by atoms with van der Waals surface area (Å²) in [4.78, 5) is 11.4. The molecule has 0 aliphatic carbocycles. The maximum Gasteiger partial charge on any atom is 0.176 e. The van der Waals surface area contributed by atoms with Crippen molar-refractivity contribution in [2.24, 2.45) is 0 Å². The summed E-state index contributed by atoms with van der Waals surface area (Å²) < 4.78 is 0.663. The summed E-state index contributed by atoms with van der Waals surface area (Å²) in [5.41, 5.74) is 6.40. The van der Waals surface area contributed by atoms with Crippen LogP contribution in [0.1, 0.15) is 10.4 Å². The molecule has 0 atom stereocenters. The number of alkyl halides is 1. The van der Waals surface area contributed by atoms with Gasteiger partial charge < -0.3 is 5.73 Å². The van der Waals surface area contributed by atoms with Crippen LogP contribution in [0.2, 0.25) is 5.02 Å².